The van der Waals surface area contributed by atoms with Crippen LogP contribution in [0, 0.1) is 6.92 Å². The van der Waals surface area contributed by atoms with Gasteiger partial charge in [-0.15, -0.1) is 0 Å². The minimum atomic E-state index is -0.116. The maximum absolute atomic E-state index is 11.8. The van der Waals surface area contributed by atoms with Gasteiger partial charge in [-0.25, -0.2) is 0 Å². The van der Waals surface area contributed by atoms with Crippen LogP contribution in [0.3, 0.4) is 0 Å². The largest absolute Gasteiger partial charge is 0.323 e. The van der Waals surface area contributed by atoms with Gasteiger partial charge in [0.2, 0.25) is 5.91 Å². The minimum Gasteiger partial charge on any atom is -0.323 e. The van der Waals surface area contributed by atoms with E-state index in [9.17, 15) is 4.79 Å². The van der Waals surface area contributed by atoms with Crippen molar-refractivity contribution in [3.8, 4) is 0 Å². The molecule has 0 heterocycles. The van der Waals surface area contributed by atoms with Crippen LogP contribution < -0.4 is 5.32 Å². The van der Waals surface area contributed by atoms with Gasteiger partial charge in [0, 0.05) is 11.8 Å². The summed E-state index contributed by atoms with van der Waals surface area (Å²) in [5, 5.41) is 2.85. The molecule has 1 amide bonds. The highest BCUT2D eigenvalue weighted by molar-refractivity contribution is 6.01. The molecular formula is C18H19NO. The van der Waals surface area contributed by atoms with Gasteiger partial charge < -0.3 is 5.32 Å². The first-order valence-corrected chi connectivity index (χ1v) is 6.82. The van der Waals surface area contributed by atoms with Gasteiger partial charge in [-0.3, -0.25) is 4.79 Å². The lowest BCUT2D eigenvalue weighted by atomic mass is 10.1. The summed E-state index contributed by atoms with van der Waals surface area (Å²) in [6.07, 6.45) is 4.37. The number of carbonyl (C=O) groups excluding carboxylic acids is 1. The average molecular weight is 265 g/mol. The smallest absolute Gasteiger partial charge is 0.248 e. The molecule has 2 aromatic rings. The highest BCUT2D eigenvalue weighted by Gasteiger charge is 1.98. The van der Waals surface area contributed by atoms with Crippen molar-refractivity contribution < 1.29 is 4.79 Å². The van der Waals surface area contributed by atoms with Gasteiger partial charge in [0.05, 0.1) is 0 Å². The molecule has 0 saturated carbocycles. The van der Waals surface area contributed by atoms with E-state index in [1.807, 2.05) is 61.5 Å². The predicted octanol–water partition coefficient (Wildman–Crippen LogP) is 4.21. The van der Waals surface area contributed by atoms with Crippen LogP contribution in [0.25, 0.3) is 6.08 Å². The molecular weight excluding hydrogens is 246 g/mol. The molecule has 0 aliphatic carbocycles. The molecule has 0 bridgehead atoms. The number of aryl methyl sites for hydroxylation is 2. The van der Waals surface area contributed by atoms with Crippen LogP contribution in [-0.4, -0.2) is 5.91 Å². The van der Waals surface area contributed by atoms with Crippen molar-refractivity contribution >= 4 is 17.7 Å². The fourth-order valence-electron chi connectivity index (χ4n) is 1.86. The second-order valence-electron chi connectivity index (χ2n) is 4.78. The highest BCUT2D eigenvalue weighted by atomic mass is 16.1. The summed E-state index contributed by atoms with van der Waals surface area (Å²) in [4.78, 5) is 11.8. The molecule has 0 fully saturated rings. The van der Waals surface area contributed by atoms with Gasteiger partial charge in [0.15, 0.2) is 0 Å². The Morgan fingerprint density at radius 2 is 1.70 bits per heavy atom. The van der Waals surface area contributed by atoms with E-state index in [4.69, 9.17) is 0 Å². The van der Waals surface area contributed by atoms with Gasteiger partial charge in [0.25, 0.3) is 0 Å². The fourth-order valence-corrected chi connectivity index (χ4v) is 1.86. The van der Waals surface area contributed by atoms with E-state index in [0.29, 0.717) is 0 Å². The summed E-state index contributed by atoms with van der Waals surface area (Å²) in [6, 6.07) is 16.0. The van der Waals surface area contributed by atoms with E-state index in [2.05, 4.69) is 12.2 Å². The molecule has 1 N–H and O–H groups in total. The minimum absolute atomic E-state index is 0.116. The van der Waals surface area contributed by atoms with E-state index in [-0.39, 0.29) is 5.91 Å². The number of hydrogen-bond donors (Lipinski definition) is 1. The van der Waals surface area contributed by atoms with Crippen molar-refractivity contribution in [3.05, 3.63) is 71.3 Å². The Labute approximate surface area is 120 Å². The van der Waals surface area contributed by atoms with Crippen molar-refractivity contribution in [3.63, 3.8) is 0 Å². The van der Waals surface area contributed by atoms with E-state index in [1.54, 1.807) is 6.08 Å². The van der Waals surface area contributed by atoms with Crippen molar-refractivity contribution in [1.82, 2.24) is 0 Å². The number of carbonyl (C=O) groups is 1. The molecule has 2 rings (SSSR count). The first kappa shape index (κ1) is 14.1. The number of amides is 1. The van der Waals surface area contributed by atoms with Gasteiger partial charge in [-0.2, -0.15) is 0 Å². The molecule has 0 saturated heterocycles. The van der Waals surface area contributed by atoms with E-state index >= 15 is 0 Å². The molecule has 2 nitrogen and oxygen atoms in total. The third-order valence-electron chi connectivity index (χ3n) is 3.13. The van der Waals surface area contributed by atoms with Crippen molar-refractivity contribution in [1.29, 1.82) is 0 Å². The molecule has 102 valence electrons. The Morgan fingerprint density at radius 1 is 1.05 bits per heavy atom. The van der Waals surface area contributed by atoms with Crippen LogP contribution >= 0.6 is 0 Å². The summed E-state index contributed by atoms with van der Waals surface area (Å²) in [5.74, 6) is -0.116. The SMILES string of the molecule is CCc1ccc(NC(=O)C=Cc2ccc(C)cc2)cc1. The van der Waals surface area contributed by atoms with Crippen molar-refractivity contribution in [2.75, 3.05) is 5.32 Å². The van der Waals surface area contributed by atoms with Crippen LogP contribution in [-0.2, 0) is 11.2 Å². The molecule has 0 unspecified atom stereocenters. The predicted molar refractivity (Wildman–Crippen MR) is 84.7 cm³/mol. The maximum atomic E-state index is 11.8. The lowest BCUT2D eigenvalue weighted by Crippen LogP contribution is -2.07. The number of anilines is 1. The highest BCUT2D eigenvalue weighted by Crippen LogP contribution is 2.10. The third kappa shape index (κ3) is 4.09. The Kier molecular flexibility index (Phi) is 4.72. The number of benzene rings is 2. The van der Waals surface area contributed by atoms with Crippen molar-refractivity contribution in [2.45, 2.75) is 20.3 Å². The quantitative estimate of drug-likeness (QED) is 0.824. The fraction of sp³-hybridized carbons (Fsp3) is 0.167. The summed E-state index contributed by atoms with van der Waals surface area (Å²) < 4.78 is 0. The Hall–Kier alpha value is -2.35. The maximum Gasteiger partial charge on any atom is 0.248 e. The number of rotatable bonds is 4. The Morgan fingerprint density at radius 3 is 2.30 bits per heavy atom. The van der Waals surface area contributed by atoms with Crippen LogP contribution in [0.4, 0.5) is 5.69 Å². The van der Waals surface area contributed by atoms with E-state index in [0.717, 1.165) is 17.7 Å². The van der Waals surface area contributed by atoms with Crippen LogP contribution in [0.15, 0.2) is 54.6 Å². The van der Waals surface area contributed by atoms with Gasteiger partial charge >= 0.3 is 0 Å². The molecule has 2 heteroatoms. The first-order chi connectivity index (χ1) is 9.67. The van der Waals surface area contributed by atoms with Gasteiger partial charge in [0.1, 0.15) is 0 Å². The average Bonchev–Trinajstić information content (AvgIpc) is 2.47. The summed E-state index contributed by atoms with van der Waals surface area (Å²) in [6.45, 7) is 4.15. The van der Waals surface area contributed by atoms with Gasteiger partial charge in [-0.1, -0.05) is 48.9 Å². The van der Waals surface area contributed by atoms with Crippen molar-refractivity contribution in [2.24, 2.45) is 0 Å². The molecule has 20 heavy (non-hydrogen) atoms. The van der Waals surface area contributed by atoms with Crippen LogP contribution in [0.2, 0.25) is 0 Å². The van der Waals surface area contributed by atoms with Gasteiger partial charge in [-0.05, 0) is 42.7 Å². The third-order valence-corrected chi connectivity index (χ3v) is 3.13. The lowest BCUT2D eigenvalue weighted by molar-refractivity contribution is -0.111. The summed E-state index contributed by atoms with van der Waals surface area (Å²) >= 11 is 0. The molecule has 0 atom stereocenters. The molecule has 0 aliphatic heterocycles. The normalized spacial score (nSPS) is 10.7. The number of nitrogens with one attached hydrogen (secondary N) is 1. The van der Waals surface area contributed by atoms with Crippen LogP contribution in [0.5, 0.6) is 0 Å². The second-order valence-corrected chi connectivity index (χ2v) is 4.78. The molecule has 0 radical (unpaired) electrons. The van der Waals surface area contributed by atoms with Crippen LogP contribution in [0.1, 0.15) is 23.6 Å². The zero-order valence-electron chi connectivity index (χ0n) is 11.9. The molecule has 0 aromatic heterocycles. The molecule has 0 aliphatic rings. The van der Waals surface area contributed by atoms with E-state index < -0.39 is 0 Å². The number of hydrogen-bond acceptors (Lipinski definition) is 1. The molecule has 2 aromatic carbocycles. The second kappa shape index (κ2) is 6.71. The first-order valence-electron chi connectivity index (χ1n) is 6.82. The summed E-state index contributed by atoms with van der Waals surface area (Å²) in [7, 11) is 0. The standard InChI is InChI=1S/C18H19NO/c1-3-15-8-11-17(12-9-15)19-18(20)13-10-16-6-4-14(2)5-7-16/h4-13H,3H2,1-2H3,(H,19,20). The van der Waals surface area contributed by atoms with E-state index in [1.165, 1.54) is 11.1 Å². The Balaban J connectivity index is 1.96. The monoisotopic (exact) mass is 265 g/mol. The topological polar surface area (TPSA) is 29.1 Å². The Bertz CT molecular complexity index is 594. The lowest BCUT2D eigenvalue weighted by Gasteiger charge is -2.03. The summed E-state index contributed by atoms with van der Waals surface area (Å²) in [5.41, 5.74) is 4.31. The zero-order valence-corrected chi connectivity index (χ0v) is 11.9. The molecule has 0 spiro atoms. The zero-order chi connectivity index (χ0) is 14.4.